The number of carbonyl (C=O) groups excluding carboxylic acids is 1. The molecule has 0 saturated carbocycles. The van der Waals surface area contributed by atoms with Gasteiger partial charge in [-0.05, 0) is 18.2 Å². The van der Waals surface area contributed by atoms with Gasteiger partial charge in [0.2, 0.25) is 0 Å². The first-order valence-electron chi connectivity index (χ1n) is 8.63. The minimum absolute atomic E-state index is 0.0357. The lowest BCUT2D eigenvalue weighted by atomic mass is 10.0. The molecule has 26 heavy (non-hydrogen) atoms. The van der Waals surface area contributed by atoms with E-state index in [0.717, 1.165) is 17.9 Å². The average molecular weight is 356 g/mol. The van der Waals surface area contributed by atoms with Crippen LogP contribution in [0.1, 0.15) is 11.6 Å². The summed E-state index contributed by atoms with van der Waals surface area (Å²) in [6, 6.07) is 15.0. The van der Waals surface area contributed by atoms with Crippen LogP contribution in [0.3, 0.4) is 0 Å². The highest BCUT2D eigenvalue weighted by atomic mass is 16.5. The molecule has 0 aliphatic carbocycles. The van der Waals surface area contributed by atoms with Crippen LogP contribution in [0.15, 0.2) is 48.5 Å². The lowest BCUT2D eigenvalue weighted by Gasteiger charge is -2.37. The second-order valence-corrected chi connectivity index (χ2v) is 5.99. The molecule has 1 fully saturated rings. The van der Waals surface area contributed by atoms with Gasteiger partial charge in [-0.1, -0.05) is 30.3 Å². The maximum atomic E-state index is 12.8. The van der Waals surface area contributed by atoms with Crippen LogP contribution in [-0.4, -0.2) is 51.3 Å². The monoisotopic (exact) mass is 356 g/mol. The number of piperazine rings is 1. The number of hydrogen-bond donors (Lipinski definition) is 1. The number of methoxy groups -OCH3 is 2. The molecule has 2 aromatic rings. The molecule has 1 atom stereocenters. The molecule has 138 valence electrons. The van der Waals surface area contributed by atoms with Gasteiger partial charge in [-0.15, -0.1) is 0 Å². The van der Waals surface area contributed by atoms with Gasteiger partial charge in [0.25, 0.3) is 5.91 Å². The molecule has 1 heterocycles. The number of benzene rings is 2. The highest BCUT2D eigenvalue weighted by Crippen LogP contribution is 2.31. The van der Waals surface area contributed by atoms with Crippen molar-refractivity contribution in [2.75, 3.05) is 40.5 Å². The van der Waals surface area contributed by atoms with Crippen molar-refractivity contribution in [1.29, 1.82) is 0 Å². The molecule has 1 N–H and O–H groups in total. The predicted octanol–water partition coefficient (Wildman–Crippen LogP) is 2.26. The summed E-state index contributed by atoms with van der Waals surface area (Å²) < 4.78 is 16.5. The summed E-state index contributed by atoms with van der Waals surface area (Å²) in [5.41, 5.74) is 0.993. The Bertz CT molecular complexity index is 750. The van der Waals surface area contributed by atoms with Gasteiger partial charge in [0.1, 0.15) is 5.75 Å². The Morgan fingerprint density at radius 1 is 1.04 bits per heavy atom. The van der Waals surface area contributed by atoms with Gasteiger partial charge in [-0.25, -0.2) is 0 Å². The molecule has 2 aromatic carbocycles. The Hall–Kier alpha value is -2.73. The number of hydrogen-bond acceptors (Lipinski definition) is 5. The van der Waals surface area contributed by atoms with Crippen LogP contribution in [0.5, 0.6) is 17.2 Å². The summed E-state index contributed by atoms with van der Waals surface area (Å²) in [6.07, 6.45) is 0. The maximum Gasteiger partial charge on any atom is 0.261 e. The standard InChI is InChI=1S/C20H24N2O4/c1-24-17-8-4-3-7-15(17)16-13-21-11-12-22(16)20(23)14-26-19-10-6-5-9-18(19)25-2/h3-10,16,21H,11-14H2,1-2H3. The van der Waals surface area contributed by atoms with Crippen LogP contribution >= 0.6 is 0 Å². The molecular weight excluding hydrogens is 332 g/mol. The van der Waals surface area contributed by atoms with Gasteiger partial charge in [-0.3, -0.25) is 4.79 Å². The molecule has 6 nitrogen and oxygen atoms in total. The third-order valence-electron chi connectivity index (χ3n) is 4.48. The van der Waals surface area contributed by atoms with Crippen LogP contribution in [0.25, 0.3) is 0 Å². The van der Waals surface area contributed by atoms with Crippen LogP contribution in [0, 0.1) is 0 Å². The van der Waals surface area contributed by atoms with Gasteiger partial charge in [0.15, 0.2) is 18.1 Å². The van der Waals surface area contributed by atoms with Gasteiger partial charge >= 0.3 is 0 Å². The highest BCUT2D eigenvalue weighted by Gasteiger charge is 2.30. The first-order chi connectivity index (χ1) is 12.7. The topological polar surface area (TPSA) is 60.0 Å². The fourth-order valence-corrected chi connectivity index (χ4v) is 3.18. The number of carbonyl (C=O) groups is 1. The van der Waals surface area contributed by atoms with Crippen molar-refractivity contribution in [3.05, 3.63) is 54.1 Å². The van der Waals surface area contributed by atoms with E-state index < -0.39 is 0 Å². The number of nitrogens with zero attached hydrogens (tertiary/aromatic N) is 1. The molecular formula is C20H24N2O4. The minimum atomic E-state index is -0.0892. The Balaban J connectivity index is 1.74. The van der Waals surface area contributed by atoms with E-state index in [0.29, 0.717) is 24.6 Å². The lowest BCUT2D eigenvalue weighted by Crippen LogP contribution is -2.50. The van der Waals surface area contributed by atoms with Crippen LogP contribution < -0.4 is 19.5 Å². The Morgan fingerprint density at radius 2 is 1.69 bits per heavy atom. The molecule has 1 aliphatic heterocycles. The molecule has 1 unspecified atom stereocenters. The number of para-hydroxylation sites is 3. The van der Waals surface area contributed by atoms with E-state index >= 15 is 0 Å². The summed E-state index contributed by atoms with van der Waals surface area (Å²) >= 11 is 0. The van der Waals surface area contributed by atoms with Crippen molar-refractivity contribution in [3.8, 4) is 17.2 Å². The van der Waals surface area contributed by atoms with Crippen molar-refractivity contribution >= 4 is 5.91 Å². The van der Waals surface area contributed by atoms with Crippen molar-refractivity contribution in [2.45, 2.75) is 6.04 Å². The highest BCUT2D eigenvalue weighted by molar-refractivity contribution is 5.78. The van der Waals surface area contributed by atoms with Gasteiger partial charge in [-0.2, -0.15) is 0 Å². The zero-order valence-electron chi connectivity index (χ0n) is 15.1. The SMILES string of the molecule is COc1ccccc1OCC(=O)N1CCNCC1c1ccccc1OC. The molecule has 3 rings (SSSR count). The summed E-state index contributed by atoms with van der Waals surface area (Å²) in [5.74, 6) is 1.90. The van der Waals surface area contributed by atoms with Crippen molar-refractivity contribution in [3.63, 3.8) is 0 Å². The third-order valence-corrected chi connectivity index (χ3v) is 4.48. The van der Waals surface area contributed by atoms with E-state index in [-0.39, 0.29) is 18.6 Å². The summed E-state index contributed by atoms with van der Waals surface area (Å²) in [6.45, 7) is 2.02. The molecule has 1 amide bonds. The molecule has 0 radical (unpaired) electrons. The average Bonchev–Trinajstić information content (AvgIpc) is 2.72. The van der Waals surface area contributed by atoms with E-state index in [9.17, 15) is 4.79 Å². The van der Waals surface area contributed by atoms with E-state index in [4.69, 9.17) is 14.2 Å². The largest absolute Gasteiger partial charge is 0.496 e. The van der Waals surface area contributed by atoms with Crippen LogP contribution in [0.2, 0.25) is 0 Å². The molecule has 1 saturated heterocycles. The first-order valence-corrected chi connectivity index (χ1v) is 8.63. The second kappa shape index (κ2) is 8.58. The first kappa shape index (κ1) is 18.1. The Labute approximate surface area is 153 Å². The van der Waals surface area contributed by atoms with Gasteiger partial charge < -0.3 is 24.4 Å². The number of ether oxygens (including phenoxy) is 3. The second-order valence-electron chi connectivity index (χ2n) is 5.99. The Kier molecular flexibility index (Phi) is 5.96. The van der Waals surface area contributed by atoms with E-state index in [1.807, 2.05) is 47.4 Å². The fourth-order valence-electron chi connectivity index (χ4n) is 3.18. The van der Waals surface area contributed by atoms with Crippen molar-refractivity contribution in [1.82, 2.24) is 10.2 Å². The zero-order valence-corrected chi connectivity index (χ0v) is 15.1. The normalized spacial score (nSPS) is 16.8. The molecule has 0 bridgehead atoms. The number of amides is 1. The molecule has 0 spiro atoms. The minimum Gasteiger partial charge on any atom is -0.496 e. The zero-order chi connectivity index (χ0) is 18.4. The van der Waals surface area contributed by atoms with Gasteiger partial charge in [0, 0.05) is 25.2 Å². The van der Waals surface area contributed by atoms with E-state index in [1.54, 1.807) is 20.3 Å². The molecule has 0 aromatic heterocycles. The smallest absolute Gasteiger partial charge is 0.261 e. The van der Waals surface area contributed by atoms with E-state index in [2.05, 4.69) is 5.32 Å². The summed E-state index contributed by atoms with van der Waals surface area (Å²) in [5, 5.41) is 3.35. The van der Waals surface area contributed by atoms with Crippen LogP contribution in [-0.2, 0) is 4.79 Å². The molecule has 1 aliphatic rings. The Morgan fingerprint density at radius 3 is 2.42 bits per heavy atom. The summed E-state index contributed by atoms with van der Waals surface area (Å²) in [7, 11) is 3.23. The van der Waals surface area contributed by atoms with Crippen LogP contribution in [0.4, 0.5) is 0 Å². The van der Waals surface area contributed by atoms with Crippen molar-refractivity contribution < 1.29 is 19.0 Å². The summed E-state index contributed by atoms with van der Waals surface area (Å²) in [4.78, 5) is 14.7. The van der Waals surface area contributed by atoms with E-state index in [1.165, 1.54) is 0 Å². The van der Waals surface area contributed by atoms with Gasteiger partial charge in [0.05, 0.1) is 20.3 Å². The number of nitrogens with one attached hydrogen (secondary N) is 1. The molecule has 6 heteroatoms. The third kappa shape index (κ3) is 3.91. The quantitative estimate of drug-likeness (QED) is 0.860. The van der Waals surface area contributed by atoms with Crippen molar-refractivity contribution in [2.24, 2.45) is 0 Å². The lowest BCUT2D eigenvalue weighted by molar-refractivity contribution is -0.136. The maximum absolute atomic E-state index is 12.8. The number of rotatable bonds is 6. The fraction of sp³-hybridized carbons (Fsp3) is 0.350. The predicted molar refractivity (Wildman–Crippen MR) is 98.8 cm³/mol.